The Labute approximate surface area is 108 Å². The van der Waals surface area contributed by atoms with E-state index in [0.717, 1.165) is 21.1 Å². The lowest BCUT2D eigenvalue weighted by atomic mass is 10.1. The van der Waals surface area contributed by atoms with Crippen molar-refractivity contribution in [2.75, 3.05) is 6.61 Å². The molecule has 1 aliphatic carbocycles. The number of aliphatic hydroxyl groups excluding tert-OH is 1. The number of aliphatic hydroxyl groups is 1. The molecular formula is C11H17BrN2OS. The summed E-state index contributed by atoms with van der Waals surface area (Å²) in [6.07, 6.45) is 5.29. The van der Waals surface area contributed by atoms with Crippen LogP contribution >= 0.6 is 27.3 Å². The summed E-state index contributed by atoms with van der Waals surface area (Å²) in [5, 5.41) is 13.7. The van der Waals surface area contributed by atoms with Gasteiger partial charge in [-0.1, -0.05) is 0 Å². The van der Waals surface area contributed by atoms with Crippen LogP contribution in [-0.4, -0.2) is 22.7 Å². The smallest absolute Gasteiger partial charge is 0.110 e. The van der Waals surface area contributed by atoms with Gasteiger partial charge in [-0.2, -0.15) is 0 Å². The number of rotatable bonds is 6. The van der Waals surface area contributed by atoms with Crippen molar-refractivity contribution < 1.29 is 5.11 Å². The van der Waals surface area contributed by atoms with Gasteiger partial charge in [0.05, 0.1) is 16.0 Å². The van der Waals surface area contributed by atoms with Gasteiger partial charge in [-0.3, -0.25) is 0 Å². The molecular weight excluding hydrogens is 288 g/mol. The Hall–Kier alpha value is 0.0300. The lowest BCUT2D eigenvalue weighted by Gasteiger charge is -2.21. The largest absolute Gasteiger partial charge is 0.396 e. The SMILES string of the molecule is CC(NC(CCO)C1CC1)c1ncc(Br)s1. The lowest BCUT2D eigenvalue weighted by Crippen LogP contribution is -2.34. The zero-order valence-electron chi connectivity index (χ0n) is 9.32. The van der Waals surface area contributed by atoms with Gasteiger partial charge in [-0.05, 0) is 48.0 Å². The van der Waals surface area contributed by atoms with Gasteiger partial charge in [0.15, 0.2) is 0 Å². The number of halogens is 1. The maximum Gasteiger partial charge on any atom is 0.110 e. The first kappa shape index (κ1) is 12.5. The van der Waals surface area contributed by atoms with Crippen molar-refractivity contribution in [1.82, 2.24) is 10.3 Å². The Morgan fingerprint density at radius 1 is 1.69 bits per heavy atom. The van der Waals surface area contributed by atoms with E-state index in [2.05, 4.69) is 33.2 Å². The van der Waals surface area contributed by atoms with Crippen LogP contribution in [0.25, 0.3) is 0 Å². The van der Waals surface area contributed by atoms with E-state index in [4.69, 9.17) is 5.11 Å². The van der Waals surface area contributed by atoms with Crippen LogP contribution in [-0.2, 0) is 0 Å². The molecule has 16 heavy (non-hydrogen) atoms. The second-order valence-electron chi connectivity index (χ2n) is 4.35. The fourth-order valence-electron chi connectivity index (χ4n) is 1.95. The number of hydrogen-bond acceptors (Lipinski definition) is 4. The lowest BCUT2D eigenvalue weighted by molar-refractivity contribution is 0.250. The summed E-state index contributed by atoms with van der Waals surface area (Å²) in [7, 11) is 0. The number of aromatic nitrogens is 1. The summed E-state index contributed by atoms with van der Waals surface area (Å²) >= 11 is 5.10. The van der Waals surface area contributed by atoms with Gasteiger partial charge in [0.2, 0.25) is 0 Å². The van der Waals surface area contributed by atoms with Crippen LogP contribution in [0, 0.1) is 5.92 Å². The summed E-state index contributed by atoms with van der Waals surface area (Å²) < 4.78 is 1.07. The molecule has 1 fully saturated rings. The Kier molecular flexibility index (Phi) is 4.35. The fraction of sp³-hybridized carbons (Fsp3) is 0.727. The molecule has 0 amide bonds. The summed E-state index contributed by atoms with van der Waals surface area (Å²) in [6.45, 7) is 2.40. The summed E-state index contributed by atoms with van der Waals surface area (Å²) in [5.74, 6) is 0.762. The molecule has 1 aromatic heterocycles. The van der Waals surface area contributed by atoms with E-state index in [1.54, 1.807) is 11.3 Å². The van der Waals surface area contributed by atoms with E-state index in [9.17, 15) is 0 Å². The average molecular weight is 305 g/mol. The van der Waals surface area contributed by atoms with Crippen molar-refractivity contribution in [3.8, 4) is 0 Å². The Morgan fingerprint density at radius 2 is 2.44 bits per heavy atom. The molecule has 0 aliphatic heterocycles. The minimum atomic E-state index is 0.266. The highest BCUT2D eigenvalue weighted by Crippen LogP contribution is 2.35. The normalized spacial score (nSPS) is 19.7. The maximum absolute atomic E-state index is 9.04. The summed E-state index contributed by atoms with van der Waals surface area (Å²) in [6, 6.07) is 0.719. The Balaban J connectivity index is 1.91. The molecule has 0 radical (unpaired) electrons. The zero-order chi connectivity index (χ0) is 11.5. The van der Waals surface area contributed by atoms with E-state index in [0.29, 0.717) is 6.04 Å². The highest BCUT2D eigenvalue weighted by Gasteiger charge is 2.31. The van der Waals surface area contributed by atoms with Gasteiger partial charge in [0.1, 0.15) is 5.01 Å². The molecule has 1 aromatic rings. The number of hydrogen-bond donors (Lipinski definition) is 2. The van der Waals surface area contributed by atoms with E-state index in [-0.39, 0.29) is 12.6 Å². The van der Waals surface area contributed by atoms with Crippen molar-refractivity contribution in [3.05, 3.63) is 15.0 Å². The second-order valence-corrected chi connectivity index (χ2v) is 6.79. The molecule has 5 heteroatoms. The van der Waals surface area contributed by atoms with Crippen molar-refractivity contribution in [1.29, 1.82) is 0 Å². The molecule has 2 unspecified atom stereocenters. The van der Waals surface area contributed by atoms with Crippen molar-refractivity contribution in [2.45, 2.75) is 38.3 Å². The summed E-state index contributed by atoms with van der Waals surface area (Å²) in [5.41, 5.74) is 0. The monoisotopic (exact) mass is 304 g/mol. The third kappa shape index (κ3) is 3.26. The zero-order valence-corrected chi connectivity index (χ0v) is 11.7. The highest BCUT2D eigenvalue weighted by molar-refractivity contribution is 9.11. The Bertz CT molecular complexity index is 340. The first-order valence-electron chi connectivity index (χ1n) is 5.69. The quantitative estimate of drug-likeness (QED) is 0.849. The van der Waals surface area contributed by atoms with E-state index >= 15 is 0 Å². The van der Waals surface area contributed by atoms with Gasteiger partial charge in [0, 0.05) is 12.6 Å². The van der Waals surface area contributed by atoms with Crippen molar-refractivity contribution >= 4 is 27.3 Å². The van der Waals surface area contributed by atoms with Gasteiger partial charge >= 0.3 is 0 Å². The Morgan fingerprint density at radius 3 is 2.94 bits per heavy atom. The van der Waals surface area contributed by atoms with Gasteiger partial charge in [-0.15, -0.1) is 11.3 Å². The number of thiazole rings is 1. The molecule has 0 aromatic carbocycles. The highest BCUT2D eigenvalue weighted by atomic mass is 79.9. The van der Waals surface area contributed by atoms with Crippen LogP contribution in [0.3, 0.4) is 0 Å². The molecule has 1 heterocycles. The molecule has 2 N–H and O–H groups in total. The third-order valence-corrected chi connectivity index (χ3v) is 4.62. The molecule has 1 saturated carbocycles. The van der Waals surface area contributed by atoms with E-state index in [1.165, 1.54) is 12.8 Å². The van der Waals surface area contributed by atoms with Crippen LogP contribution < -0.4 is 5.32 Å². The molecule has 90 valence electrons. The first-order valence-corrected chi connectivity index (χ1v) is 7.29. The minimum absolute atomic E-state index is 0.266. The minimum Gasteiger partial charge on any atom is -0.396 e. The molecule has 0 bridgehead atoms. The predicted octanol–water partition coefficient (Wildman–Crippen LogP) is 2.72. The standard InChI is InChI=1S/C11H17BrN2OS/c1-7(11-13-6-10(12)16-11)14-9(4-5-15)8-2-3-8/h6-9,14-15H,2-5H2,1H3. The topological polar surface area (TPSA) is 45.1 Å². The van der Waals surface area contributed by atoms with Gasteiger partial charge in [-0.25, -0.2) is 4.98 Å². The fourth-order valence-corrected chi connectivity index (χ4v) is 3.21. The van der Waals surface area contributed by atoms with Crippen LogP contribution in [0.1, 0.15) is 37.2 Å². The molecule has 1 aliphatic rings. The molecule has 0 spiro atoms. The first-order chi connectivity index (χ1) is 7.70. The second kappa shape index (κ2) is 5.58. The van der Waals surface area contributed by atoms with Crippen LogP contribution in [0.4, 0.5) is 0 Å². The van der Waals surface area contributed by atoms with Gasteiger partial charge < -0.3 is 10.4 Å². The molecule has 2 rings (SSSR count). The van der Waals surface area contributed by atoms with Crippen LogP contribution in [0.5, 0.6) is 0 Å². The molecule has 2 atom stereocenters. The van der Waals surface area contributed by atoms with Crippen molar-refractivity contribution in [3.63, 3.8) is 0 Å². The predicted molar refractivity (Wildman–Crippen MR) is 69.6 cm³/mol. The van der Waals surface area contributed by atoms with Gasteiger partial charge in [0.25, 0.3) is 0 Å². The molecule has 0 saturated heterocycles. The third-order valence-electron chi connectivity index (χ3n) is 2.96. The molecule has 3 nitrogen and oxygen atoms in total. The maximum atomic E-state index is 9.04. The summed E-state index contributed by atoms with van der Waals surface area (Å²) in [4.78, 5) is 4.36. The van der Waals surface area contributed by atoms with Crippen molar-refractivity contribution in [2.24, 2.45) is 5.92 Å². The number of nitrogens with zero attached hydrogens (tertiary/aromatic N) is 1. The van der Waals surface area contributed by atoms with E-state index < -0.39 is 0 Å². The number of nitrogens with one attached hydrogen (secondary N) is 1. The van der Waals surface area contributed by atoms with E-state index in [1.807, 2.05) is 6.20 Å². The van der Waals surface area contributed by atoms with Crippen LogP contribution in [0.15, 0.2) is 9.98 Å². The average Bonchev–Trinajstić information content (AvgIpc) is 3.00. The van der Waals surface area contributed by atoms with Crippen LogP contribution in [0.2, 0.25) is 0 Å².